The standard InChI is InChI=1S/C11H10Cl2O3/c1-15-8-4-2-3-5-9(8)16-10(14)7-6-11(7,12)13/h2-5,7H,6H2,1H3. The molecule has 1 unspecified atom stereocenters. The van der Waals surface area contributed by atoms with Crippen LogP contribution in [0.15, 0.2) is 24.3 Å². The molecule has 0 aliphatic heterocycles. The lowest BCUT2D eigenvalue weighted by atomic mass is 10.3. The lowest BCUT2D eigenvalue weighted by Gasteiger charge is -2.08. The van der Waals surface area contributed by atoms with Crippen LogP contribution in [0.4, 0.5) is 0 Å². The van der Waals surface area contributed by atoms with E-state index in [0.717, 1.165) is 0 Å². The Balaban J connectivity index is 2.07. The van der Waals surface area contributed by atoms with Gasteiger partial charge in [-0.1, -0.05) is 12.1 Å². The SMILES string of the molecule is COc1ccccc1OC(=O)C1CC1(Cl)Cl. The van der Waals surface area contributed by atoms with Crippen LogP contribution in [0.3, 0.4) is 0 Å². The molecule has 0 spiro atoms. The van der Waals surface area contributed by atoms with Gasteiger partial charge in [-0.05, 0) is 18.6 Å². The van der Waals surface area contributed by atoms with Gasteiger partial charge in [-0.2, -0.15) is 0 Å². The second-order valence-electron chi connectivity index (χ2n) is 3.59. The van der Waals surface area contributed by atoms with E-state index in [-0.39, 0.29) is 0 Å². The molecule has 0 heterocycles. The molecular weight excluding hydrogens is 251 g/mol. The molecule has 5 heteroatoms. The third kappa shape index (κ3) is 2.25. The Hall–Kier alpha value is -0.930. The Morgan fingerprint density at radius 2 is 1.94 bits per heavy atom. The molecule has 1 aliphatic carbocycles. The number of benzene rings is 1. The van der Waals surface area contributed by atoms with Gasteiger partial charge in [-0.3, -0.25) is 4.79 Å². The first-order chi connectivity index (χ1) is 7.54. The summed E-state index contributed by atoms with van der Waals surface area (Å²) < 4.78 is 9.26. The Morgan fingerprint density at radius 3 is 2.44 bits per heavy atom. The normalized spacial score (nSPS) is 21.3. The van der Waals surface area contributed by atoms with Crippen molar-refractivity contribution in [2.75, 3.05) is 7.11 Å². The number of hydrogen-bond acceptors (Lipinski definition) is 3. The van der Waals surface area contributed by atoms with Crippen LogP contribution in [0.5, 0.6) is 11.5 Å². The second kappa shape index (κ2) is 4.15. The summed E-state index contributed by atoms with van der Waals surface area (Å²) in [6, 6.07) is 6.92. The van der Waals surface area contributed by atoms with Crippen molar-refractivity contribution < 1.29 is 14.3 Å². The number of methoxy groups -OCH3 is 1. The highest BCUT2D eigenvalue weighted by molar-refractivity contribution is 6.52. The van der Waals surface area contributed by atoms with Crippen molar-refractivity contribution in [3.63, 3.8) is 0 Å². The van der Waals surface area contributed by atoms with Crippen LogP contribution in [0, 0.1) is 5.92 Å². The van der Waals surface area contributed by atoms with Crippen LogP contribution >= 0.6 is 23.2 Å². The fraction of sp³-hybridized carbons (Fsp3) is 0.364. The van der Waals surface area contributed by atoms with Crippen LogP contribution in [0.2, 0.25) is 0 Å². The summed E-state index contributed by atoms with van der Waals surface area (Å²) in [5.41, 5.74) is 0. The van der Waals surface area contributed by atoms with E-state index in [1.165, 1.54) is 7.11 Å². The van der Waals surface area contributed by atoms with Gasteiger partial charge in [-0.15, -0.1) is 23.2 Å². The monoisotopic (exact) mass is 260 g/mol. The quantitative estimate of drug-likeness (QED) is 0.476. The summed E-state index contributed by atoms with van der Waals surface area (Å²) in [4.78, 5) is 11.6. The maximum Gasteiger partial charge on any atom is 0.317 e. The molecule has 0 saturated heterocycles. The van der Waals surface area contributed by atoms with E-state index in [9.17, 15) is 4.79 Å². The van der Waals surface area contributed by atoms with Crippen molar-refractivity contribution in [2.45, 2.75) is 10.8 Å². The molecule has 1 saturated carbocycles. The molecule has 0 amide bonds. The molecule has 0 N–H and O–H groups in total. The van der Waals surface area contributed by atoms with Crippen molar-refractivity contribution >= 4 is 29.2 Å². The predicted molar refractivity (Wildman–Crippen MR) is 61.2 cm³/mol. The minimum atomic E-state index is -0.959. The number of halogens is 2. The van der Waals surface area contributed by atoms with E-state index >= 15 is 0 Å². The van der Waals surface area contributed by atoms with Gasteiger partial charge in [0.15, 0.2) is 11.5 Å². The third-order valence-corrected chi connectivity index (χ3v) is 3.23. The van der Waals surface area contributed by atoms with Gasteiger partial charge in [0.25, 0.3) is 0 Å². The third-order valence-electron chi connectivity index (χ3n) is 2.39. The Bertz CT molecular complexity index is 417. The van der Waals surface area contributed by atoms with E-state index < -0.39 is 16.2 Å². The minimum Gasteiger partial charge on any atom is -0.493 e. The summed E-state index contributed by atoms with van der Waals surface area (Å²) in [7, 11) is 1.51. The molecule has 1 aromatic rings. The van der Waals surface area contributed by atoms with Gasteiger partial charge in [0, 0.05) is 0 Å². The van der Waals surface area contributed by atoms with Crippen LogP contribution in [0.1, 0.15) is 6.42 Å². The number of rotatable bonds is 3. The molecule has 1 fully saturated rings. The molecular formula is C11H10Cl2O3. The molecule has 16 heavy (non-hydrogen) atoms. The molecule has 0 radical (unpaired) electrons. The average molecular weight is 261 g/mol. The zero-order valence-electron chi connectivity index (χ0n) is 8.57. The first kappa shape index (κ1) is 11.6. The van der Waals surface area contributed by atoms with Gasteiger partial charge >= 0.3 is 5.97 Å². The van der Waals surface area contributed by atoms with E-state index in [1.807, 2.05) is 0 Å². The highest BCUT2D eigenvalue weighted by Gasteiger charge is 2.57. The van der Waals surface area contributed by atoms with Gasteiger partial charge in [0.2, 0.25) is 0 Å². The van der Waals surface area contributed by atoms with Gasteiger partial charge in [-0.25, -0.2) is 0 Å². The maximum absolute atomic E-state index is 11.6. The lowest BCUT2D eigenvalue weighted by Crippen LogP contribution is -2.14. The Labute approximate surface area is 103 Å². The first-order valence-electron chi connectivity index (χ1n) is 4.77. The minimum absolute atomic E-state index is 0.381. The average Bonchev–Trinajstić information content (AvgIpc) is 2.89. The fourth-order valence-corrected chi connectivity index (χ4v) is 1.84. The van der Waals surface area contributed by atoms with E-state index in [0.29, 0.717) is 17.9 Å². The van der Waals surface area contributed by atoms with Crippen molar-refractivity contribution in [3.8, 4) is 11.5 Å². The highest BCUT2D eigenvalue weighted by atomic mass is 35.5. The number of hydrogen-bond donors (Lipinski definition) is 0. The summed E-state index contributed by atoms with van der Waals surface area (Å²) in [6.07, 6.45) is 0.435. The zero-order valence-corrected chi connectivity index (χ0v) is 10.1. The number of esters is 1. The lowest BCUT2D eigenvalue weighted by molar-refractivity contribution is -0.135. The molecule has 2 rings (SSSR count). The number of para-hydroxylation sites is 2. The van der Waals surface area contributed by atoms with Crippen LogP contribution in [0.25, 0.3) is 0 Å². The van der Waals surface area contributed by atoms with Crippen LogP contribution in [-0.2, 0) is 4.79 Å². The largest absolute Gasteiger partial charge is 0.493 e. The zero-order chi connectivity index (χ0) is 11.8. The predicted octanol–water partition coefficient (Wildman–Crippen LogP) is 2.79. The first-order valence-corrected chi connectivity index (χ1v) is 5.53. The maximum atomic E-state index is 11.6. The number of carbonyl (C=O) groups excluding carboxylic acids is 1. The Morgan fingerprint density at radius 1 is 1.38 bits per heavy atom. The highest BCUT2D eigenvalue weighted by Crippen LogP contribution is 2.53. The van der Waals surface area contributed by atoms with E-state index in [2.05, 4.69) is 0 Å². The number of carbonyl (C=O) groups is 1. The fourth-order valence-electron chi connectivity index (χ4n) is 1.35. The molecule has 0 bridgehead atoms. The molecule has 1 aliphatic rings. The van der Waals surface area contributed by atoms with Crippen LogP contribution in [-0.4, -0.2) is 17.4 Å². The number of ether oxygens (including phenoxy) is 2. The Kier molecular flexibility index (Phi) is 3.00. The van der Waals surface area contributed by atoms with Crippen molar-refractivity contribution in [1.29, 1.82) is 0 Å². The van der Waals surface area contributed by atoms with Crippen molar-refractivity contribution in [2.24, 2.45) is 5.92 Å². The van der Waals surface area contributed by atoms with E-state index in [4.69, 9.17) is 32.7 Å². The molecule has 1 aromatic carbocycles. The topological polar surface area (TPSA) is 35.5 Å². The number of alkyl halides is 2. The van der Waals surface area contributed by atoms with Crippen molar-refractivity contribution in [3.05, 3.63) is 24.3 Å². The summed E-state index contributed by atoms with van der Waals surface area (Å²) in [5, 5.41) is 0. The van der Waals surface area contributed by atoms with E-state index in [1.54, 1.807) is 24.3 Å². The summed E-state index contributed by atoms with van der Waals surface area (Å²) in [6.45, 7) is 0. The second-order valence-corrected chi connectivity index (χ2v) is 5.13. The smallest absolute Gasteiger partial charge is 0.317 e. The van der Waals surface area contributed by atoms with Crippen LogP contribution < -0.4 is 9.47 Å². The van der Waals surface area contributed by atoms with Gasteiger partial charge in [0.05, 0.1) is 13.0 Å². The van der Waals surface area contributed by atoms with Gasteiger partial charge in [0.1, 0.15) is 4.33 Å². The van der Waals surface area contributed by atoms with Crippen molar-refractivity contribution in [1.82, 2.24) is 0 Å². The molecule has 0 aromatic heterocycles. The summed E-state index contributed by atoms with van der Waals surface area (Å²) in [5.74, 6) is 0.0209. The molecule has 1 atom stereocenters. The summed E-state index contributed by atoms with van der Waals surface area (Å²) >= 11 is 11.6. The molecule has 86 valence electrons. The molecule has 3 nitrogen and oxygen atoms in total. The van der Waals surface area contributed by atoms with Gasteiger partial charge < -0.3 is 9.47 Å².